The van der Waals surface area contributed by atoms with E-state index in [1.54, 1.807) is 6.20 Å². The molecule has 5 nitrogen and oxygen atoms in total. The minimum Gasteiger partial charge on any atom is -0.356 e. The summed E-state index contributed by atoms with van der Waals surface area (Å²) in [6.07, 6.45) is 0.0367. The van der Waals surface area contributed by atoms with Gasteiger partial charge in [0.05, 0.1) is 6.54 Å². The lowest BCUT2D eigenvalue weighted by atomic mass is 10.3. The zero-order valence-electron chi connectivity index (χ0n) is 9.49. The molecule has 1 aliphatic heterocycles. The zero-order chi connectivity index (χ0) is 12.4. The number of anilines is 1. The number of aryl methyl sites for hydroxylation is 1. The van der Waals surface area contributed by atoms with Crippen molar-refractivity contribution in [2.75, 3.05) is 25.5 Å². The van der Waals surface area contributed by atoms with Gasteiger partial charge in [-0.15, -0.1) is 0 Å². The van der Waals surface area contributed by atoms with Crippen molar-refractivity contribution < 1.29 is 13.6 Å². The van der Waals surface area contributed by atoms with E-state index in [1.165, 1.54) is 7.05 Å². The van der Waals surface area contributed by atoms with Gasteiger partial charge in [0.15, 0.2) is 0 Å². The number of fused-ring (bicyclic) bond motifs is 1. The van der Waals surface area contributed by atoms with Crippen molar-refractivity contribution in [1.82, 2.24) is 14.5 Å². The van der Waals surface area contributed by atoms with Crippen molar-refractivity contribution in [3.05, 3.63) is 11.9 Å². The molecule has 1 aliphatic rings. The van der Waals surface area contributed by atoms with Gasteiger partial charge in [-0.3, -0.25) is 4.79 Å². The Morgan fingerprint density at radius 1 is 1.71 bits per heavy atom. The highest BCUT2D eigenvalue weighted by atomic mass is 19.3. The van der Waals surface area contributed by atoms with Crippen LogP contribution >= 0.6 is 0 Å². The summed E-state index contributed by atoms with van der Waals surface area (Å²) < 4.78 is 26.1. The molecule has 0 saturated carbocycles. The lowest BCUT2D eigenvalue weighted by Gasteiger charge is -2.14. The van der Waals surface area contributed by atoms with Crippen LogP contribution in [-0.4, -0.2) is 46.9 Å². The van der Waals surface area contributed by atoms with Crippen LogP contribution in [0, 0.1) is 0 Å². The van der Waals surface area contributed by atoms with Gasteiger partial charge < -0.3 is 14.8 Å². The fourth-order valence-electron chi connectivity index (χ4n) is 1.77. The summed E-state index contributed by atoms with van der Waals surface area (Å²) in [7, 11) is 1.35. The third kappa shape index (κ3) is 2.54. The van der Waals surface area contributed by atoms with Crippen LogP contribution in [0.2, 0.25) is 0 Å². The van der Waals surface area contributed by atoms with E-state index in [9.17, 15) is 13.6 Å². The molecule has 0 saturated heterocycles. The third-order valence-corrected chi connectivity index (χ3v) is 2.61. The summed E-state index contributed by atoms with van der Waals surface area (Å²) in [6, 6.07) is 0. The number of imidazole rings is 1. The van der Waals surface area contributed by atoms with Gasteiger partial charge in [-0.25, -0.2) is 13.8 Å². The van der Waals surface area contributed by atoms with Gasteiger partial charge in [0, 0.05) is 26.3 Å². The summed E-state index contributed by atoms with van der Waals surface area (Å²) in [5.41, 5.74) is 0.206. The Kier molecular flexibility index (Phi) is 3.26. The molecule has 1 amide bonds. The van der Waals surface area contributed by atoms with Crippen LogP contribution in [0.25, 0.3) is 0 Å². The Morgan fingerprint density at radius 3 is 3.12 bits per heavy atom. The van der Waals surface area contributed by atoms with Gasteiger partial charge in [-0.1, -0.05) is 0 Å². The maximum Gasteiger partial charge on any atom is 0.274 e. The van der Waals surface area contributed by atoms with E-state index in [0.29, 0.717) is 5.95 Å². The highest BCUT2D eigenvalue weighted by Crippen LogP contribution is 2.15. The first-order chi connectivity index (χ1) is 8.08. The first kappa shape index (κ1) is 11.8. The monoisotopic (exact) mass is 244 g/mol. The van der Waals surface area contributed by atoms with Gasteiger partial charge >= 0.3 is 0 Å². The Bertz CT molecular complexity index is 395. The smallest absolute Gasteiger partial charge is 0.274 e. The summed E-state index contributed by atoms with van der Waals surface area (Å²) in [4.78, 5) is 16.9. The number of carbonyl (C=O) groups is 1. The number of aromatic nitrogens is 2. The Morgan fingerprint density at radius 2 is 2.47 bits per heavy atom. The molecule has 0 aliphatic carbocycles. The quantitative estimate of drug-likeness (QED) is 0.864. The first-order valence-electron chi connectivity index (χ1n) is 5.42. The molecular formula is C10H14F2N4O. The first-order valence-corrected chi connectivity index (χ1v) is 5.42. The average Bonchev–Trinajstić information content (AvgIpc) is 2.70. The van der Waals surface area contributed by atoms with Gasteiger partial charge in [0.25, 0.3) is 12.3 Å². The number of carbonyl (C=O) groups excluding carboxylic acids is 1. The predicted molar refractivity (Wildman–Crippen MR) is 58.3 cm³/mol. The van der Waals surface area contributed by atoms with Crippen molar-refractivity contribution in [2.45, 2.75) is 19.4 Å². The molecule has 0 bridgehead atoms. The molecule has 0 spiro atoms. The van der Waals surface area contributed by atoms with E-state index >= 15 is 0 Å². The Balaban J connectivity index is 2.11. The molecule has 2 heterocycles. The minimum atomic E-state index is -2.53. The molecule has 0 radical (unpaired) electrons. The van der Waals surface area contributed by atoms with E-state index in [0.717, 1.165) is 24.4 Å². The number of halogens is 2. The fourth-order valence-corrected chi connectivity index (χ4v) is 1.77. The fraction of sp³-hybridized carbons (Fsp3) is 0.600. The van der Waals surface area contributed by atoms with Crippen LogP contribution < -0.4 is 5.32 Å². The van der Waals surface area contributed by atoms with E-state index < -0.39 is 18.9 Å². The summed E-state index contributed by atoms with van der Waals surface area (Å²) in [5, 5.41) is 3.05. The lowest BCUT2D eigenvalue weighted by Crippen LogP contribution is -2.31. The standard InChI is InChI=1S/C10H14F2N4O/c1-15(6-8(11)12)9(17)7-5-16-4-2-3-13-10(16)14-7/h5,8H,2-4,6H2,1H3,(H,13,14). The normalized spacial score (nSPS) is 14.4. The maximum atomic E-state index is 12.2. The molecule has 2 rings (SSSR count). The number of nitrogens with one attached hydrogen (secondary N) is 1. The summed E-state index contributed by atoms with van der Waals surface area (Å²) in [6.45, 7) is 1.03. The van der Waals surface area contributed by atoms with Gasteiger partial charge in [-0.2, -0.15) is 0 Å². The molecule has 1 aromatic rings. The molecule has 17 heavy (non-hydrogen) atoms. The van der Waals surface area contributed by atoms with Crippen molar-refractivity contribution in [3.8, 4) is 0 Å². The topological polar surface area (TPSA) is 50.2 Å². The van der Waals surface area contributed by atoms with Crippen LogP contribution in [0.15, 0.2) is 6.20 Å². The molecule has 1 aromatic heterocycles. The lowest BCUT2D eigenvalue weighted by molar-refractivity contribution is 0.0615. The SMILES string of the molecule is CN(CC(F)F)C(=O)c1cn2c(n1)NCCC2. The van der Waals surface area contributed by atoms with Crippen LogP contribution in [-0.2, 0) is 6.54 Å². The van der Waals surface area contributed by atoms with E-state index in [-0.39, 0.29) is 5.69 Å². The second-order valence-corrected chi connectivity index (χ2v) is 4.00. The third-order valence-electron chi connectivity index (χ3n) is 2.61. The van der Waals surface area contributed by atoms with Crippen LogP contribution in [0.3, 0.4) is 0 Å². The molecule has 0 atom stereocenters. The highest BCUT2D eigenvalue weighted by molar-refractivity contribution is 5.92. The number of amides is 1. The maximum absolute atomic E-state index is 12.2. The number of alkyl halides is 2. The van der Waals surface area contributed by atoms with Crippen LogP contribution in [0.5, 0.6) is 0 Å². The largest absolute Gasteiger partial charge is 0.356 e. The molecule has 94 valence electrons. The number of hydrogen-bond acceptors (Lipinski definition) is 3. The average molecular weight is 244 g/mol. The van der Waals surface area contributed by atoms with Gasteiger partial charge in [0.1, 0.15) is 5.69 Å². The second-order valence-electron chi connectivity index (χ2n) is 4.00. The molecule has 0 aromatic carbocycles. The van der Waals surface area contributed by atoms with E-state index in [2.05, 4.69) is 10.3 Å². The molecular weight excluding hydrogens is 230 g/mol. The predicted octanol–water partition coefficient (Wildman–Crippen LogP) is 1.04. The molecule has 0 unspecified atom stereocenters. The van der Waals surface area contributed by atoms with E-state index in [1.807, 2.05) is 4.57 Å². The molecule has 0 fully saturated rings. The Hall–Kier alpha value is -1.66. The number of hydrogen-bond donors (Lipinski definition) is 1. The number of nitrogens with zero attached hydrogens (tertiary/aromatic N) is 3. The van der Waals surface area contributed by atoms with Gasteiger partial charge in [0.2, 0.25) is 5.95 Å². The van der Waals surface area contributed by atoms with Crippen molar-refractivity contribution >= 4 is 11.9 Å². The van der Waals surface area contributed by atoms with E-state index in [4.69, 9.17) is 0 Å². The summed E-state index contributed by atoms with van der Waals surface area (Å²) in [5.74, 6) is 0.152. The minimum absolute atomic E-state index is 0.206. The molecule has 7 heteroatoms. The van der Waals surface area contributed by atoms with Crippen molar-refractivity contribution in [1.29, 1.82) is 0 Å². The second kappa shape index (κ2) is 4.68. The van der Waals surface area contributed by atoms with Crippen molar-refractivity contribution in [2.24, 2.45) is 0 Å². The summed E-state index contributed by atoms with van der Waals surface area (Å²) >= 11 is 0. The molecule has 1 N–H and O–H groups in total. The van der Waals surface area contributed by atoms with Gasteiger partial charge in [-0.05, 0) is 6.42 Å². The van der Waals surface area contributed by atoms with Crippen LogP contribution in [0.4, 0.5) is 14.7 Å². The zero-order valence-corrected chi connectivity index (χ0v) is 9.49. The van der Waals surface area contributed by atoms with Crippen LogP contribution in [0.1, 0.15) is 16.9 Å². The number of rotatable bonds is 3. The van der Waals surface area contributed by atoms with Crippen molar-refractivity contribution in [3.63, 3.8) is 0 Å². The Labute approximate surface area is 97.4 Å². The highest BCUT2D eigenvalue weighted by Gasteiger charge is 2.21.